The molecule has 0 fully saturated rings. The average Bonchev–Trinajstić information content (AvgIpc) is 2.37. The highest BCUT2D eigenvalue weighted by Gasteiger charge is 2.28. The van der Waals surface area contributed by atoms with Crippen LogP contribution in [-0.2, 0) is 9.59 Å². The second-order valence-corrected chi connectivity index (χ2v) is 8.83. The van der Waals surface area contributed by atoms with Crippen LogP contribution < -0.4 is 16.4 Å². The fourth-order valence-corrected chi connectivity index (χ4v) is 2.90. The van der Waals surface area contributed by atoms with E-state index in [0.29, 0.717) is 17.9 Å². The van der Waals surface area contributed by atoms with Crippen molar-refractivity contribution < 1.29 is 9.59 Å². The molecule has 0 aromatic rings. The molecule has 2 atom stereocenters. The first-order chi connectivity index (χ1) is 10.9. The molecule has 4 N–H and O–H groups in total. The van der Waals surface area contributed by atoms with Crippen molar-refractivity contribution >= 4 is 23.4 Å². The maximum Gasteiger partial charge on any atom is 0.309 e. The molecule has 24 heavy (non-hydrogen) atoms. The second-order valence-electron chi connectivity index (χ2n) is 8.39. The predicted octanol–water partition coefficient (Wildman–Crippen LogP) is 2.60. The molecule has 0 aromatic heterocycles. The third kappa shape index (κ3) is 8.50. The molecule has 1 aliphatic carbocycles. The Kier molecular flexibility index (Phi) is 7.05. The Morgan fingerprint density at radius 3 is 2.33 bits per heavy atom. The van der Waals surface area contributed by atoms with Gasteiger partial charge in [0, 0.05) is 16.6 Å². The van der Waals surface area contributed by atoms with Gasteiger partial charge in [-0.15, -0.1) is 0 Å². The van der Waals surface area contributed by atoms with Gasteiger partial charge in [0.1, 0.15) is 0 Å². The minimum atomic E-state index is -0.634. The Morgan fingerprint density at radius 2 is 1.88 bits per heavy atom. The maximum absolute atomic E-state index is 12.2. The molecule has 0 aromatic carbocycles. The van der Waals surface area contributed by atoms with Crippen molar-refractivity contribution in [2.75, 3.05) is 0 Å². The SMILES string of the molecule is CC(C)(C)CC(CC(C)(C)N)NC(=O)C(=O)NC1C=CC(Cl)=CC1. The first-order valence-corrected chi connectivity index (χ1v) is 8.68. The van der Waals surface area contributed by atoms with Crippen molar-refractivity contribution in [2.45, 2.75) is 71.5 Å². The molecule has 0 radical (unpaired) electrons. The summed E-state index contributed by atoms with van der Waals surface area (Å²) >= 11 is 5.84. The summed E-state index contributed by atoms with van der Waals surface area (Å²) in [6, 6.07) is -0.364. The van der Waals surface area contributed by atoms with E-state index in [2.05, 4.69) is 31.4 Å². The van der Waals surface area contributed by atoms with E-state index >= 15 is 0 Å². The quantitative estimate of drug-likeness (QED) is 0.663. The second kappa shape index (κ2) is 8.17. The zero-order valence-electron chi connectivity index (χ0n) is 15.3. The highest BCUT2D eigenvalue weighted by atomic mass is 35.5. The third-order valence-electron chi connectivity index (χ3n) is 3.54. The zero-order valence-corrected chi connectivity index (χ0v) is 16.0. The molecule has 136 valence electrons. The molecular formula is C18H30ClN3O2. The summed E-state index contributed by atoms with van der Waals surface area (Å²) < 4.78 is 0. The zero-order chi connectivity index (χ0) is 18.5. The molecule has 5 nitrogen and oxygen atoms in total. The van der Waals surface area contributed by atoms with Crippen molar-refractivity contribution in [2.24, 2.45) is 11.1 Å². The summed E-state index contributed by atoms with van der Waals surface area (Å²) in [4.78, 5) is 24.4. The first kappa shape index (κ1) is 20.7. The van der Waals surface area contributed by atoms with E-state index in [1.54, 1.807) is 12.2 Å². The molecule has 0 saturated heterocycles. The number of nitrogens with two attached hydrogens (primary N) is 1. The smallest absolute Gasteiger partial charge is 0.309 e. The Morgan fingerprint density at radius 1 is 1.25 bits per heavy atom. The molecule has 2 amide bonds. The topological polar surface area (TPSA) is 84.2 Å². The Labute approximate surface area is 150 Å². The van der Waals surface area contributed by atoms with Gasteiger partial charge in [-0.2, -0.15) is 0 Å². The van der Waals surface area contributed by atoms with Gasteiger partial charge in [0.05, 0.1) is 6.04 Å². The minimum Gasteiger partial charge on any atom is -0.345 e. The molecular weight excluding hydrogens is 326 g/mol. The van der Waals surface area contributed by atoms with Crippen LogP contribution in [0.5, 0.6) is 0 Å². The van der Waals surface area contributed by atoms with E-state index in [1.165, 1.54) is 0 Å². The van der Waals surface area contributed by atoms with Crippen LogP contribution in [0.25, 0.3) is 0 Å². The van der Waals surface area contributed by atoms with E-state index < -0.39 is 17.4 Å². The Balaban J connectivity index is 2.62. The van der Waals surface area contributed by atoms with Gasteiger partial charge in [-0.1, -0.05) is 44.5 Å². The lowest BCUT2D eigenvalue weighted by atomic mass is 9.83. The maximum atomic E-state index is 12.2. The summed E-state index contributed by atoms with van der Waals surface area (Å²) in [5.74, 6) is -1.26. The molecule has 0 heterocycles. The van der Waals surface area contributed by atoms with Gasteiger partial charge in [-0.25, -0.2) is 0 Å². The number of carbonyl (C=O) groups is 2. The molecule has 0 spiro atoms. The molecule has 0 bridgehead atoms. The highest BCUT2D eigenvalue weighted by molar-refractivity contribution is 6.35. The number of hydrogen-bond acceptors (Lipinski definition) is 3. The molecule has 1 aliphatic rings. The molecule has 0 saturated carbocycles. The summed E-state index contributed by atoms with van der Waals surface area (Å²) in [7, 11) is 0. The van der Waals surface area contributed by atoms with E-state index in [-0.39, 0.29) is 17.5 Å². The van der Waals surface area contributed by atoms with Crippen LogP contribution in [0.1, 0.15) is 53.9 Å². The van der Waals surface area contributed by atoms with Crippen molar-refractivity contribution in [3.63, 3.8) is 0 Å². The molecule has 0 aliphatic heterocycles. The largest absolute Gasteiger partial charge is 0.345 e. The van der Waals surface area contributed by atoms with Crippen LogP contribution >= 0.6 is 11.6 Å². The first-order valence-electron chi connectivity index (χ1n) is 8.30. The Bertz CT molecular complexity index is 511. The van der Waals surface area contributed by atoms with Crippen molar-refractivity contribution in [3.8, 4) is 0 Å². The van der Waals surface area contributed by atoms with Gasteiger partial charge < -0.3 is 16.4 Å². The van der Waals surface area contributed by atoms with Gasteiger partial charge in [-0.3, -0.25) is 9.59 Å². The number of rotatable bonds is 5. The lowest BCUT2D eigenvalue weighted by Gasteiger charge is -2.31. The van der Waals surface area contributed by atoms with Crippen LogP contribution in [0, 0.1) is 5.41 Å². The van der Waals surface area contributed by atoms with Gasteiger partial charge in [-0.05, 0) is 44.6 Å². The van der Waals surface area contributed by atoms with Gasteiger partial charge >= 0.3 is 11.8 Å². The average molecular weight is 356 g/mol. The molecule has 1 rings (SSSR count). The third-order valence-corrected chi connectivity index (χ3v) is 3.82. The van der Waals surface area contributed by atoms with Gasteiger partial charge in [0.15, 0.2) is 0 Å². The highest BCUT2D eigenvalue weighted by Crippen LogP contribution is 2.24. The van der Waals surface area contributed by atoms with Crippen LogP contribution in [0.4, 0.5) is 0 Å². The number of allylic oxidation sites excluding steroid dienone is 2. The number of amides is 2. The van der Waals surface area contributed by atoms with Gasteiger partial charge in [0.25, 0.3) is 0 Å². The van der Waals surface area contributed by atoms with Crippen LogP contribution in [0.15, 0.2) is 23.3 Å². The minimum absolute atomic E-state index is 0.0212. The van der Waals surface area contributed by atoms with Crippen LogP contribution in [-0.4, -0.2) is 29.4 Å². The van der Waals surface area contributed by atoms with E-state index in [4.69, 9.17) is 17.3 Å². The normalized spacial score (nSPS) is 19.5. The van der Waals surface area contributed by atoms with Crippen molar-refractivity contribution in [3.05, 3.63) is 23.3 Å². The van der Waals surface area contributed by atoms with E-state index in [0.717, 1.165) is 6.42 Å². The monoisotopic (exact) mass is 355 g/mol. The fourth-order valence-electron chi connectivity index (χ4n) is 2.73. The van der Waals surface area contributed by atoms with E-state index in [1.807, 2.05) is 19.9 Å². The lowest BCUT2D eigenvalue weighted by molar-refractivity contribution is -0.140. The summed E-state index contributed by atoms with van der Waals surface area (Å²) in [5, 5.41) is 6.17. The summed E-state index contributed by atoms with van der Waals surface area (Å²) in [6.45, 7) is 10.1. The molecule has 2 unspecified atom stereocenters. The number of carbonyl (C=O) groups excluding carboxylic acids is 2. The van der Waals surface area contributed by atoms with Crippen LogP contribution in [0.3, 0.4) is 0 Å². The summed E-state index contributed by atoms with van der Waals surface area (Å²) in [6.07, 6.45) is 7.23. The van der Waals surface area contributed by atoms with Crippen molar-refractivity contribution in [1.82, 2.24) is 10.6 Å². The number of halogens is 1. The lowest BCUT2D eigenvalue weighted by Crippen LogP contribution is -2.50. The number of nitrogens with one attached hydrogen (secondary N) is 2. The van der Waals surface area contributed by atoms with Gasteiger partial charge in [0.2, 0.25) is 0 Å². The van der Waals surface area contributed by atoms with Crippen molar-refractivity contribution in [1.29, 1.82) is 0 Å². The fraction of sp³-hybridized carbons (Fsp3) is 0.667. The predicted molar refractivity (Wildman–Crippen MR) is 98.5 cm³/mol. The number of hydrogen-bond donors (Lipinski definition) is 3. The van der Waals surface area contributed by atoms with Crippen LogP contribution in [0.2, 0.25) is 0 Å². The summed E-state index contributed by atoms with van der Waals surface area (Å²) in [5.41, 5.74) is 5.69. The van der Waals surface area contributed by atoms with E-state index in [9.17, 15) is 9.59 Å². The Hall–Kier alpha value is -1.33. The standard InChI is InChI=1S/C18H30ClN3O2/c1-17(2,3)10-14(11-18(4,5)20)22-16(24)15(23)21-13-8-6-12(19)7-9-13/h6-8,13-14H,9-11,20H2,1-5H3,(H,21,23)(H,22,24). The molecule has 6 heteroatoms.